The molecule has 0 aliphatic heterocycles. The van der Waals surface area contributed by atoms with Gasteiger partial charge < -0.3 is 5.32 Å². The number of hydrogen-bond acceptors (Lipinski definition) is 2. The Bertz CT molecular complexity index is 1050. The zero-order valence-electron chi connectivity index (χ0n) is 17.3. The van der Waals surface area contributed by atoms with Gasteiger partial charge in [0.1, 0.15) is 5.69 Å². The van der Waals surface area contributed by atoms with Crippen molar-refractivity contribution in [3.05, 3.63) is 72.3 Å². The van der Waals surface area contributed by atoms with Gasteiger partial charge in [-0.3, -0.25) is 9.36 Å². The number of carbonyl (C=O) groups excluding carboxylic acids is 1. The van der Waals surface area contributed by atoms with Crippen LogP contribution in [0, 0.1) is 5.41 Å². The number of rotatable bonds is 4. The van der Waals surface area contributed by atoms with Crippen molar-refractivity contribution in [2.45, 2.75) is 39.9 Å². The molecule has 3 rings (SSSR count). The SMILES string of the molecule is CC(NC(=O)c1cncn1-c1cccc(-c2ccccc2C(F)(F)F)c1)C(C)(C)C. The molecule has 7 heteroatoms. The highest BCUT2D eigenvalue weighted by Crippen LogP contribution is 2.37. The van der Waals surface area contributed by atoms with Crippen molar-refractivity contribution in [2.24, 2.45) is 5.41 Å². The summed E-state index contributed by atoms with van der Waals surface area (Å²) in [5.74, 6) is -0.295. The number of imidazole rings is 1. The summed E-state index contributed by atoms with van der Waals surface area (Å²) in [6.07, 6.45) is -1.54. The van der Waals surface area contributed by atoms with Gasteiger partial charge >= 0.3 is 6.18 Å². The standard InChI is InChI=1S/C23H24F3N3O/c1-15(22(2,3)4)28-21(30)20-13-27-14-29(20)17-9-7-8-16(12-17)18-10-5-6-11-19(18)23(24,25)26/h5-15H,1-4H3,(H,28,30). The zero-order valence-corrected chi connectivity index (χ0v) is 17.3. The summed E-state index contributed by atoms with van der Waals surface area (Å²) in [4.78, 5) is 16.8. The van der Waals surface area contributed by atoms with Gasteiger partial charge in [-0.15, -0.1) is 0 Å². The van der Waals surface area contributed by atoms with E-state index in [1.54, 1.807) is 34.9 Å². The van der Waals surface area contributed by atoms with Gasteiger partial charge in [0.2, 0.25) is 0 Å². The third-order valence-electron chi connectivity index (χ3n) is 5.19. The van der Waals surface area contributed by atoms with Crippen molar-refractivity contribution >= 4 is 5.91 Å². The van der Waals surface area contributed by atoms with Crippen molar-refractivity contribution in [3.8, 4) is 16.8 Å². The van der Waals surface area contributed by atoms with Crippen molar-refractivity contribution in [1.29, 1.82) is 0 Å². The normalized spacial score (nSPS) is 13.2. The van der Waals surface area contributed by atoms with Crippen LogP contribution in [0.15, 0.2) is 61.1 Å². The van der Waals surface area contributed by atoms with Gasteiger partial charge in [-0.1, -0.05) is 51.1 Å². The molecule has 1 heterocycles. The summed E-state index contributed by atoms with van der Waals surface area (Å²) in [6.45, 7) is 8.00. The first-order valence-electron chi connectivity index (χ1n) is 9.58. The molecule has 1 N–H and O–H groups in total. The minimum atomic E-state index is -4.46. The monoisotopic (exact) mass is 415 g/mol. The van der Waals surface area contributed by atoms with Crippen LogP contribution < -0.4 is 5.32 Å². The van der Waals surface area contributed by atoms with E-state index in [0.29, 0.717) is 16.9 Å². The molecule has 0 saturated heterocycles. The van der Waals surface area contributed by atoms with E-state index in [2.05, 4.69) is 10.3 Å². The maximum atomic E-state index is 13.4. The molecular weight excluding hydrogens is 391 g/mol. The molecular formula is C23H24F3N3O. The largest absolute Gasteiger partial charge is 0.417 e. The van der Waals surface area contributed by atoms with E-state index < -0.39 is 11.7 Å². The number of benzene rings is 2. The van der Waals surface area contributed by atoms with Crippen molar-refractivity contribution < 1.29 is 18.0 Å². The second kappa shape index (κ2) is 7.97. The molecule has 0 saturated carbocycles. The number of hydrogen-bond donors (Lipinski definition) is 1. The highest BCUT2D eigenvalue weighted by Gasteiger charge is 2.33. The molecule has 158 valence electrons. The lowest BCUT2D eigenvalue weighted by Gasteiger charge is -2.28. The van der Waals surface area contributed by atoms with Crippen LogP contribution in [0.4, 0.5) is 13.2 Å². The molecule has 3 aromatic rings. The first-order valence-corrected chi connectivity index (χ1v) is 9.58. The van der Waals surface area contributed by atoms with Crippen LogP contribution in [-0.4, -0.2) is 21.5 Å². The van der Waals surface area contributed by atoms with Crippen LogP contribution >= 0.6 is 0 Å². The maximum Gasteiger partial charge on any atom is 0.417 e. The highest BCUT2D eigenvalue weighted by atomic mass is 19.4. The Morgan fingerprint density at radius 2 is 1.77 bits per heavy atom. The zero-order chi connectivity index (χ0) is 22.1. The molecule has 0 aliphatic rings. The molecule has 2 aromatic carbocycles. The first kappa shape index (κ1) is 21.6. The Balaban J connectivity index is 1.98. The number of halogens is 3. The molecule has 0 bridgehead atoms. The quantitative estimate of drug-likeness (QED) is 0.592. The van der Waals surface area contributed by atoms with Crippen molar-refractivity contribution in [2.75, 3.05) is 0 Å². The third-order valence-corrected chi connectivity index (χ3v) is 5.19. The minimum absolute atomic E-state index is 0.0827. The minimum Gasteiger partial charge on any atom is -0.348 e. The summed E-state index contributed by atoms with van der Waals surface area (Å²) in [7, 11) is 0. The van der Waals surface area contributed by atoms with E-state index in [0.717, 1.165) is 6.07 Å². The molecule has 1 aromatic heterocycles. The van der Waals surface area contributed by atoms with Gasteiger partial charge in [0.25, 0.3) is 5.91 Å². The fraction of sp³-hybridized carbons (Fsp3) is 0.304. The maximum absolute atomic E-state index is 13.4. The Kier molecular flexibility index (Phi) is 5.74. The van der Waals surface area contributed by atoms with Crippen LogP contribution in [0.25, 0.3) is 16.8 Å². The second-order valence-electron chi connectivity index (χ2n) is 8.30. The number of aromatic nitrogens is 2. The molecule has 0 radical (unpaired) electrons. The number of alkyl halides is 3. The van der Waals surface area contributed by atoms with Gasteiger partial charge in [0, 0.05) is 11.7 Å². The molecule has 4 nitrogen and oxygen atoms in total. The van der Waals surface area contributed by atoms with E-state index in [9.17, 15) is 18.0 Å². The average molecular weight is 415 g/mol. The predicted octanol–water partition coefficient (Wildman–Crippen LogP) is 5.72. The third kappa shape index (κ3) is 4.56. The summed E-state index contributed by atoms with van der Waals surface area (Å²) in [6, 6.07) is 12.0. The second-order valence-corrected chi connectivity index (χ2v) is 8.30. The van der Waals surface area contributed by atoms with Crippen LogP contribution in [0.5, 0.6) is 0 Å². The lowest BCUT2D eigenvalue weighted by Crippen LogP contribution is -2.41. The molecule has 0 aliphatic carbocycles. The van der Waals surface area contributed by atoms with Crippen molar-refractivity contribution in [1.82, 2.24) is 14.9 Å². The summed E-state index contributed by atoms with van der Waals surface area (Å²) < 4.78 is 41.9. The Hall–Kier alpha value is -3.09. The first-order chi connectivity index (χ1) is 14.0. The lowest BCUT2D eigenvalue weighted by molar-refractivity contribution is -0.137. The fourth-order valence-corrected chi connectivity index (χ4v) is 2.96. The average Bonchev–Trinajstić information content (AvgIpc) is 3.17. The molecule has 1 amide bonds. The van der Waals surface area contributed by atoms with Crippen LogP contribution in [0.2, 0.25) is 0 Å². The van der Waals surface area contributed by atoms with E-state index in [1.165, 1.54) is 24.7 Å². The summed E-state index contributed by atoms with van der Waals surface area (Å²) in [5, 5.41) is 2.96. The smallest absolute Gasteiger partial charge is 0.348 e. The Morgan fingerprint density at radius 3 is 2.43 bits per heavy atom. The highest BCUT2D eigenvalue weighted by molar-refractivity contribution is 5.93. The molecule has 1 atom stereocenters. The van der Waals surface area contributed by atoms with E-state index >= 15 is 0 Å². The van der Waals surface area contributed by atoms with E-state index in [1.807, 2.05) is 27.7 Å². The summed E-state index contributed by atoms with van der Waals surface area (Å²) >= 11 is 0. The Morgan fingerprint density at radius 1 is 1.07 bits per heavy atom. The number of nitrogens with one attached hydrogen (secondary N) is 1. The number of nitrogens with zero attached hydrogens (tertiary/aromatic N) is 2. The van der Waals surface area contributed by atoms with Crippen LogP contribution in [0.3, 0.4) is 0 Å². The topological polar surface area (TPSA) is 46.9 Å². The fourth-order valence-electron chi connectivity index (χ4n) is 2.96. The van der Waals surface area contributed by atoms with Gasteiger partial charge in [-0.25, -0.2) is 4.98 Å². The molecule has 0 spiro atoms. The van der Waals surface area contributed by atoms with E-state index in [4.69, 9.17) is 0 Å². The number of carbonyl (C=O) groups is 1. The predicted molar refractivity (Wildman–Crippen MR) is 110 cm³/mol. The molecule has 1 unspecified atom stereocenters. The Labute approximate surface area is 173 Å². The van der Waals surface area contributed by atoms with Gasteiger partial charge in [-0.2, -0.15) is 13.2 Å². The molecule has 30 heavy (non-hydrogen) atoms. The van der Waals surface area contributed by atoms with Gasteiger partial charge in [0.15, 0.2) is 0 Å². The molecule has 0 fully saturated rings. The lowest BCUT2D eigenvalue weighted by atomic mass is 9.88. The van der Waals surface area contributed by atoms with Crippen LogP contribution in [-0.2, 0) is 6.18 Å². The van der Waals surface area contributed by atoms with Gasteiger partial charge in [0.05, 0.1) is 18.1 Å². The van der Waals surface area contributed by atoms with Crippen LogP contribution in [0.1, 0.15) is 43.7 Å². The van der Waals surface area contributed by atoms with E-state index in [-0.39, 0.29) is 22.9 Å². The summed E-state index contributed by atoms with van der Waals surface area (Å²) in [5.41, 5.74) is 0.525. The number of amides is 1. The van der Waals surface area contributed by atoms with Gasteiger partial charge in [-0.05, 0) is 41.7 Å². The van der Waals surface area contributed by atoms with Crippen molar-refractivity contribution in [3.63, 3.8) is 0 Å².